The molecular formula is C13H8F4. The van der Waals surface area contributed by atoms with Crippen LogP contribution in [0.15, 0.2) is 30.3 Å². The topological polar surface area (TPSA) is 0 Å². The lowest BCUT2D eigenvalue weighted by Gasteiger charge is -2.05. The Labute approximate surface area is 95.5 Å². The van der Waals surface area contributed by atoms with Gasteiger partial charge < -0.3 is 0 Å². The highest BCUT2D eigenvalue weighted by Crippen LogP contribution is 2.26. The maximum Gasteiger partial charge on any atom is 0.194 e. The number of benzene rings is 2. The van der Waals surface area contributed by atoms with Crippen molar-refractivity contribution >= 4 is 0 Å². The standard InChI is InChI=1S/C13H8F4/c1-7-2-3-9(10(14)4-7)8-5-11(15)13(17)12(16)6-8/h2-6H,1H3. The van der Waals surface area contributed by atoms with Crippen molar-refractivity contribution in [1.82, 2.24) is 0 Å². The van der Waals surface area contributed by atoms with E-state index in [2.05, 4.69) is 0 Å². The van der Waals surface area contributed by atoms with Crippen LogP contribution in [0.5, 0.6) is 0 Å². The van der Waals surface area contributed by atoms with Gasteiger partial charge in [-0.2, -0.15) is 0 Å². The normalized spacial score (nSPS) is 10.6. The fourth-order valence-corrected chi connectivity index (χ4v) is 1.57. The SMILES string of the molecule is Cc1ccc(-c2cc(F)c(F)c(F)c2)c(F)c1. The molecule has 4 heteroatoms. The molecule has 0 amide bonds. The van der Waals surface area contributed by atoms with Crippen molar-refractivity contribution in [2.24, 2.45) is 0 Å². The van der Waals surface area contributed by atoms with Gasteiger partial charge in [0, 0.05) is 5.56 Å². The van der Waals surface area contributed by atoms with Crippen molar-refractivity contribution in [3.63, 3.8) is 0 Å². The van der Waals surface area contributed by atoms with Crippen LogP contribution < -0.4 is 0 Å². The Bertz CT molecular complexity index is 553. The first-order chi connectivity index (χ1) is 7.99. The van der Waals surface area contributed by atoms with Gasteiger partial charge in [-0.15, -0.1) is 0 Å². The van der Waals surface area contributed by atoms with Crippen molar-refractivity contribution < 1.29 is 17.6 Å². The maximum atomic E-state index is 13.6. The zero-order valence-corrected chi connectivity index (χ0v) is 8.90. The minimum Gasteiger partial charge on any atom is -0.206 e. The molecule has 0 fully saturated rings. The highest BCUT2D eigenvalue weighted by molar-refractivity contribution is 5.64. The third-order valence-corrected chi connectivity index (χ3v) is 2.42. The molecule has 0 atom stereocenters. The van der Waals surface area contributed by atoms with Crippen LogP contribution in [0.1, 0.15) is 5.56 Å². The molecular weight excluding hydrogens is 232 g/mol. The van der Waals surface area contributed by atoms with E-state index in [1.807, 2.05) is 0 Å². The summed E-state index contributed by atoms with van der Waals surface area (Å²) >= 11 is 0. The molecule has 0 radical (unpaired) electrons. The van der Waals surface area contributed by atoms with Crippen molar-refractivity contribution in [2.75, 3.05) is 0 Å². The van der Waals surface area contributed by atoms with Crippen molar-refractivity contribution in [1.29, 1.82) is 0 Å². The molecule has 0 bridgehead atoms. The minimum atomic E-state index is -1.55. The predicted molar refractivity (Wildman–Crippen MR) is 56.4 cm³/mol. The average molecular weight is 240 g/mol. The maximum absolute atomic E-state index is 13.6. The second kappa shape index (κ2) is 4.20. The summed E-state index contributed by atoms with van der Waals surface area (Å²) < 4.78 is 52.3. The highest BCUT2D eigenvalue weighted by Gasteiger charge is 2.13. The summed E-state index contributed by atoms with van der Waals surface area (Å²) in [5.41, 5.74) is 0.696. The molecule has 0 aliphatic heterocycles. The first-order valence-electron chi connectivity index (χ1n) is 4.90. The Balaban J connectivity index is 2.61. The number of halogens is 4. The molecule has 0 nitrogen and oxygen atoms in total. The van der Waals surface area contributed by atoms with Crippen LogP contribution in [0.4, 0.5) is 17.6 Å². The molecule has 0 aliphatic carbocycles. The van der Waals surface area contributed by atoms with Gasteiger partial charge in [-0.1, -0.05) is 12.1 Å². The quantitative estimate of drug-likeness (QED) is 0.517. The van der Waals surface area contributed by atoms with Gasteiger partial charge in [0.05, 0.1) is 0 Å². The van der Waals surface area contributed by atoms with Gasteiger partial charge in [0.25, 0.3) is 0 Å². The fourth-order valence-electron chi connectivity index (χ4n) is 1.57. The zero-order chi connectivity index (χ0) is 12.6. The molecule has 0 saturated carbocycles. The van der Waals surface area contributed by atoms with Gasteiger partial charge in [-0.05, 0) is 36.2 Å². The number of rotatable bonds is 1. The Morgan fingerprint density at radius 1 is 0.765 bits per heavy atom. The van der Waals surface area contributed by atoms with Crippen LogP contribution in [-0.2, 0) is 0 Å². The van der Waals surface area contributed by atoms with E-state index in [0.717, 1.165) is 12.1 Å². The van der Waals surface area contributed by atoms with Crippen LogP contribution >= 0.6 is 0 Å². The van der Waals surface area contributed by atoms with E-state index in [0.29, 0.717) is 5.56 Å². The van der Waals surface area contributed by atoms with Gasteiger partial charge in [-0.25, -0.2) is 17.6 Å². The molecule has 2 aromatic rings. The van der Waals surface area contributed by atoms with Crippen molar-refractivity contribution in [3.05, 3.63) is 59.2 Å². The van der Waals surface area contributed by atoms with Crippen molar-refractivity contribution in [3.8, 4) is 11.1 Å². The number of hydrogen-bond acceptors (Lipinski definition) is 0. The smallest absolute Gasteiger partial charge is 0.194 e. The van der Waals surface area contributed by atoms with Gasteiger partial charge >= 0.3 is 0 Å². The van der Waals surface area contributed by atoms with Crippen LogP contribution in [0.3, 0.4) is 0 Å². The third-order valence-electron chi connectivity index (χ3n) is 2.42. The lowest BCUT2D eigenvalue weighted by molar-refractivity contribution is 0.447. The second-order valence-electron chi connectivity index (χ2n) is 3.74. The summed E-state index contributed by atoms with van der Waals surface area (Å²) in [6.07, 6.45) is 0. The van der Waals surface area contributed by atoms with E-state index >= 15 is 0 Å². The summed E-state index contributed by atoms with van der Waals surface area (Å²) in [4.78, 5) is 0. The molecule has 0 aliphatic rings. The Hall–Kier alpha value is -1.84. The molecule has 2 aromatic carbocycles. The minimum absolute atomic E-state index is 0.0288. The molecule has 0 saturated heterocycles. The van der Waals surface area contributed by atoms with Gasteiger partial charge in [-0.3, -0.25) is 0 Å². The summed E-state index contributed by atoms with van der Waals surface area (Å²) in [7, 11) is 0. The summed E-state index contributed by atoms with van der Waals surface area (Å²) in [5.74, 6) is -4.82. The van der Waals surface area contributed by atoms with Crippen LogP contribution in [-0.4, -0.2) is 0 Å². The Morgan fingerprint density at radius 2 is 1.35 bits per heavy atom. The molecule has 0 spiro atoms. The lowest BCUT2D eigenvalue weighted by Crippen LogP contribution is -1.93. The Kier molecular flexibility index (Phi) is 2.88. The monoisotopic (exact) mass is 240 g/mol. The van der Waals surface area contributed by atoms with Gasteiger partial charge in [0.1, 0.15) is 5.82 Å². The zero-order valence-electron chi connectivity index (χ0n) is 8.90. The first kappa shape index (κ1) is 11.6. The first-order valence-corrected chi connectivity index (χ1v) is 4.90. The van der Waals surface area contributed by atoms with E-state index in [1.54, 1.807) is 13.0 Å². The molecule has 88 valence electrons. The van der Waals surface area contributed by atoms with Crippen LogP contribution in [0, 0.1) is 30.2 Å². The fraction of sp³-hybridized carbons (Fsp3) is 0.0769. The number of aryl methyl sites for hydroxylation is 1. The largest absolute Gasteiger partial charge is 0.206 e. The van der Waals surface area contributed by atoms with Crippen LogP contribution in [0.25, 0.3) is 11.1 Å². The van der Waals surface area contributed by atoms with E-state index in [4.69, 9.17) is 0 Å². The second-order valence-corrected chi connectivity index (χ2v) is 3.74. The van der Waals surface area contributed by atoms with E-state index in [9.17, 15) is 17.6 Å². The summed E-state index contributed by atoms with van der Waals surface area (Å²) in [5, 5.41) is 0. The van der Waals surface area contributed by atoms with Gasteiger partial charge in [0.2, 0.25) is 0 Å². The Morgan fingerprint density at radius 3 is 1.88 bits per heavy atom. The van der Waals surface area contributed by atoms with Gasteiger partial charge in [0.15, 0.2) is 17.5 Å². The summed E-state index contributed by atoms with van der Waals surface area (Å²) in [6.45, 7) is 1.69. The van der Waals surface area contributed by atoms with E-state index in [-0.39, 0.29) is 11.1 Å². The summed E-state index contributed by atoms with van der Waals surface area (Å²) in [6, 6.07) is 5.79. The molecule has 17 heavy (non-hydrogen) atoms. The third kappa shape index (κ3) is 2.16. The number of hydrogen-bond donors (Lipinski definition) is 0. The molecule has 0 heterocycles. The predicted octanol–water partition coefficient (Wildman–Crippen LogP) is 4.22. The van der Waals surface area contributed by atoms with E-state index < -0.39 is 23.3 Å². The van der Waals surface area contributed by atoms with Crippen molar-refractivity contribution in [2.45, 2.75) is 6.92 Å². The highest BCUT2D eigenvalue weighted by atomic mass is 19.2. The van der Waals surface area contributed by atoms with Crippen LogP contribution in [0.2, 0.25) is 0 Å². The molecule has 2 rings (SSSR count). The average Bonchev–Trinajstić information content (AvgIpc) is 2.25. The molecule has 0 N–H and O–H groups in total. The lowest BCUT2D eigenvalue weighted by atomic mass is 10.0. The van der Waals surface area contributed by atoms with E-state index in [1.165, 1.54) is 12.1 Å². The molecule has 0 unspecified atom stereocenters. The molecule has 0 aromatic heterocycles.